The van der Waals surface area contributed by atoms with Crippen molar-refractivity contribution in [1.82, 2.24) is 5.32 Å². The minimum Gasteiger partial charge on any atom is -0.389 e. The summed E-state index contributed by atoms with van der Waals surface area (Å²) in [4.78, 5) is 23.1. The van der Waals surface area contributed by atoms with E-state index in [1.807, 2.05) is 6.92 Å². The molecule has 2 aliphatic carbocycles. The number of aliphatic hydroxyl groups is 2. The Bertz CT molecular complexity index is 795. The normalized spacial score (nSPS) is 33.9. The van der Waals surface area contributed by atoms with Gasteiger partial charge in [0, 0.05) is 19.6 Å². The van der Waals surface area contributed by atoms with Crippen molar-refractivity contribution in [3.05, 3.63) is 34.9 Å². The minimum atomic E-state index is -2.00. The number of carbonyl (C=O) groups is 2. The van der Waals surface area contributed by atoms with E-state index in [-0.39, 0.29) is 11.5 Å². The van der Waals surface area contributed by atoms with E-state index in [0.717, 1.165) is 12.0 Å². The molecule has 0 unspecified atom stereocenters. The second kappa shape index (κ2) is 11.3. The Kier molecular flexibility index (Phi) is 9.56. The number of ether oxygens (including phenoxy) is 1. The number of hydrogen-bond acceptors (Lipinski definition) is 5. The fourth-order valence-corrected chi connectivity index (χ4v) is 5.59. The molecule has 0 aliphatic heterocycles. The Hall–Kier alpha value is -1.18. The third kappa shape index (κ3) is 5.84. The highest BCUT2D eigenvalue weighted by atomic mass is 35.5. The number of methoxy groups -OCH3 is 1. The van der Waals surface area contributed by atoms with Gasteiger partial charge in [-0.2, -0.15) is 0 Å². The summed E-state index contributed by atoms with van der Waals surface area (Å²) < 4.78 is 5.26. The number of rotatable bonds is 10. The van der Waals surface area contributed by atoms with Gasteiger partial charge in [-0.25, -0.2) is 0 Å². The maximum absolute atomic E-state index is 12.6. The number of Topliss-reactive ketones (excluding diaryl/α,β-unsaturated/α-hetero) is 1. The lowest BCUT2D eigenvalue weighted by Gasteiger charge is -2.53. The molecule has 3 N–H and O–H groups in total. The molecule has 6 atom stereocenters. The highest BCUT2D eigenvalue weighted by Gasteiger charge is 2.67. The molecule has 8 heteroatoms. The van der Waals surface area contributed by atoms with Crippen molar-refractivity contribution >= 4 is 34.9 Å². The highest BCUT2D eigenvalue weighted by molar-refractivity contribution is 6.51. The van der Waals surface area contributed by atoms with Crippen molar-refractivity contribution in [2.45, 2.75) is 88.0 Å². The number of nitrogens with one attached hydrogen (secondary N) is 1. The minimum absolute atomic E-state index is 0.103. The average Bonchev–Trinajstić information content (AvgIpc) is 2.72. The van der Waals surface area contributed by atoms with Crippen LogP contribution in [0.1, 0.15) is 59.3 Å². The zero-order valence-corrected chi connectivity index (χ0v) is 20.7. The predicted molar refractivity (Wildman–Crippen MR) is 127 cm³/mol. The molecule has 1 fully saturated rings. The zero-order valence-electron chi connectivity index (χ0n) is 19.2. The Morgan fingerprint density at radius 3 is 2.69 bits per heavy atom. The molecule has 6 nitrogen and oxygen atoms in total. The maximum Gasteiger partial charge on any atom is 0.244 e. The molecule has 1 saturated carbocycles. The largest absolute Gasteiger partial charge is 0.389 e. The van der Waals surface area contributed by atoms with Gasteiger partial charge < -0.3 is 20.3 Å². The summed E-state index contributed by atoms with van der Waals surface area (Å²) in [5, 5.41) is 24.3. The molecule has 2 rings (SSSR count). The van der Waals surface area contributed by atoms with Crippen LogP contribution in [0.2, 0.25) is 0 Å². The number of alkyl halides is 1. The van der Waals surface area contributed by atoms with Gasteiger partial charge in [-0.15, -0.1) is 11.6 Å². The molecule has 0 aromatic carbocycles. The Balaban J connectivity index is 2.04. The first kappa shape index (κ1) is 27.1. The summed E-state index contributed by atoms with van der Waals surface area (Å²) in [6.07, 6.45) is 9.57. The molecule has 0 aromatic rings. The number of ketones is 1. The summed E-state index contributed by atoms with van der Waals surface area (Å²) >= 11 is 12.5. The van der Waals surface area contributed by atoms with Gasteiger partial charge in [-0.05, 0) is 25.3 Å². The molecule has 1 amide bonds. The van der Waals surface area contributed by atoms with Crippen LogP contribution >= 0.6 is 23.2 Å². The van der Waals surface area contributed by atoms with E-state index in [4.69, 9.17) is 27.9 Å². The standard InChI is InChI=1S/C24H35Cl2NO5/c1-5-6-7-8-9-15(2)12-16(3)10-11-19(28)27-18-14-23(31)13-17(25)20(29)24(26,21(18)30)22(23)32-4/h10-13,15,18,21-22,30-31H,5-9,14H2,1-4H3,(H,27,28)/b11-10+,16-12+/t15-,18+,21+,22-,23-,24+/m1/s1. The first-order chi connectivity index (χ1) is 15.0. The quantitative estimate of drug-likeness (QED) is 0.188. The summed E-state index contributed by atoms with van der Waals surface area (Å²) in [6, 6.07) is -0.965. The van der Waals surface area contributed by atoms with E-state index in [9.17, 15) is 19.8 Å². The topological polar surface area (TPSA) is 95.9 Å². The van der Waals surface area contributed by atoms with Crippen LogP contribution in [-0.4, -0.2) is 57.7 Å². The fourth-order valence-electron chi connectivity index (χ4n) is 4.66. The molecule has 2 bridgehead atoms. The van der Waals surface area contributed by atoms with Crippen molar-refractivity contribution in [3.63, 3.8) is 0 Å². The van der Waals surface area contributed by atoms with E-state index in [1.165, 1.54) is 44.9 Å². The van der Waals surface area contributed by atoms with Gasteiger partial charge in [0.15, 0.2) is 10.7 Å². The lowest BCUT2D eigenvalue weighted by molar-refractivity contribution is -0.166. The predicted octanol–water partition coefficient (Wildman–Crippen LogP) is 3.77. The molecule has 0 aromatic heterocycles. The number of unbranched alkanes of at least 4 members (excludes halogenated alkanes) is 3. The first-order valence-electron chi connectivity index (χ1n) is 11.2. The van der Waals surface area contributed by atoms with Gasteiger partial charge in [0.1, 0.15) is 17.8 Å². The number of aliphatic hydroxyl groups excluding tert-OH is 1. The monoisotopic (exact) mass is 487 g/mol. The Morgan fingerprint density at radius 1 is 1.38 bits per heavy atom. The van der Waals surface area contributed by atoms with E-state index >= 15 is 0 Å². The van der Waals surface area contributed by atoms with Gasteiger partial charge in [-0.3, -0.25) is 9.59 Å². The SMILES string of the molecule is CCCCCC[C@@H](C)/C=C(C)/C=C/C(=O)N[C@H]1C[C@]2(O)C=C(Cl)C(=O)[C@](Cl)([C@H]1O)[C@@H]2OC. The molecule has 0 spiro atoms. The smallest absolute Gasteiger partial charge is 0.244 e. The van der Waals surface area contributed by atoms with Crippen LogP contribution in [0.5, 0.6) is 0 Å². The van der Waals surface area contributed by atoms with E-state index in [0.29, 0.717) is 5.92 Å². The summed E-state index contributed by atoms with van der Waals surface area (Å²) in [5.41, 5.74) is -0.744. The van der Waals surface area contributed by atoms with Crippen LogP contribution < -0.4 is 5.32 Å². The van der Waals surface area contributed by atoms with Crippen LogP contribution in [0.25, 0.3) is 0 Å². The van der Waals surface area contributed by atoms with Crippen LogP contribution in [0, 0.1) is 5.92 Å². The lowest BCUT2D eigenvalue weighted by atomic mass is 9.65. The van der Waals surface area contributed by atoms with Crippen LogP contribution in [0.4, 0.5) is 0 Å². The average molecular weight is 488 g/mol. The summed E-state index contributed by atoms with van der Waals surface area (Å²) in [6.45, 7) is 6.27. The molecule has 0 radical (unpaired) electrons. The van der Waals surface area contributed by atoms with Crippen molar-refractivity contribution < 1.29 is 24.5 Å². The van der Waals surface area contributed by atoms with Gasteiger partial charge in [0.25, 0.3) is 0 Å². The Morgan fingerprint density at radius 2 is 2.06 bits per heavy atom. The first-order valence-corrected chi connectivity index (χ1v) is 12.0. The molecule has 0 heterocycles. The van der Waals surface area contributed by atoms with Crippen LogP contribution in [-0.2, 0) is 14.3 Å². The van der Waals surface area contributed by atoms with E-state index in [1.54, 1.807) is 6.08 Å². The van der Waals surface area contributed by atoms with E-state index in [2.05, 4.69) is 25.2 Å². The van der Waals surface area contributed by atoms with Crippen LogP contribution in [0.3, 0.4) is 0 Å². The molecule has 32 heavy (non-hydrogen) atoms. The number of fused-ring (bicyclic) bond motifs is 2. The van der Waals surface area contributed by atoms with Gasteiger partial charge >= 0.3 is 0 Å². The van der Waals surface area contributed by atoms with Crippen molar-refractivity contribution in [3.8, 4) is 0 Å². The molecule has 180 valence electrons. The number of carbonyl (C=O) groups excluding carboxylic acids is 2. The number of allylic oxidation sites excluding steroid dienone is 4. The van der Waals surface area contributed by atoms with Gasteiger partial charge in [0.05, 0.1) is 11.1 Å². The number of amides is 1. The summed E-state index contributed by atoms with van der Waals surface area (Å²) in [7, 11) is 1.29. The maximum atomic E-state index is 12.6. The number of halogens is 2. The van der Waals surface area contributed by atoms with Gasteiger partial charge in [0.2, 0.25) is 5.91 Å². The van der Waals surface area contributed by atoms with Gasteiger partial charge in [-0.1, -0.05) is 68.9 Å². The fraction of sp³-hybridized carbons (Fsp3) is 0.667. The zero-order chi connectivity index (χ0) is 24.1. The Labute approximate surface area is 200 Å². The third-order valence-electron chi connectivity index (χ3n) is 6.26. The third-order valence-corrected chi connectivity index (χ3v) is 7.13. The second-order valence-corrected chi connectivity index (χ2v) is 10.1. The molecule has 0 saturated heterocycles. The second-order valence-electron chi connectivity index (χ2n) is 9.03. The van der Waals surface area contributed by atoms with Crippen molar-refractivity contribution in [2.75, 3.05) is 7.11 Å². The molecule has 2 aliphatic rings. The molecular formula is C24H35Cl2NO5. The van der Waals surface area contributed by atoms with Crippen molar-refractivity contribution in [2.24, 2.45) is 5.92 Å². The summed E-state index contributed by atoms with van der Waals surface area (Å²) in [5.74, 6) is -0.790. The highest BCUT2D eigenvalue weighted by Crippen LogP contribution is 2.48. The number of hydrogen-bond donors (Lipinski definition) is 3. The lowest BCUT2D eigenvalue weighted by Crippen LogP contribution is -2.74. The van der Waals surface area contributed by atoms with Crippen molar-refractivity contribution in [1.29, 1.82) is 0 Å². The molecular weight excluding hydrogens is 453 g/mol. The van der Waals surface area contributed by atoms with E-state index < -0.39 is 40.4 Å². The van der Waals surface area contributed by atoms with Crippen LogP contribution in [0.15, 0.2) is 34.9 Å².